The highest BCUT2D eigenvalue weighted by Gasteiger charge is 2.33. The Hall–Kier alpha value is -3.55. The highest BCUT2D eigenvalue weighted by Crippen LogP contribution is 2.32. The molecular formula is C21H20N4O4. The van der Waals surface area contributed by atoms with Crippen LogP contribution in [0.4, 0.5) is 5.69 Å². The first-order valence-corrected chi connectivity index (χ1v) is 9.49. The van der Waals surface area contributed by atoms with Crippen molar-refractivity contribution in [1.82, 2.24) is 15.0 Å². The second-order valence-corrected chi connectivity index (χ2v) is 7.14. The fourth-order valence-electron chi connectivity index (χ4n) is 3.51. The number of nitro groups is 1. The minimum atomic E-state index is -0.483. The number of rotatable bonds is 4. The maximum Gasteiger partial charge on any atom is 0.269 e. The van der Waals surface area contributed by atoms with Gasteiger partial charge in [-0.25, -0.2) is 0 Å². The molecule has 0 bridgehead atoms. The largest absolute Gasteiger partial charge is 0.337 e. The standard InChI is InChI=1S/C21H20N4O4/c1-14-5-7-15(8-6-14)19-22-20(29-23-19)18-4-2-3-13-24(18)21(26)16-9-11-17(12-10-16)25(27)28/h5-12,18H,2-4,13H2,1H3. The lowest BCUT2D eigenvalue weighted by atomic mass is 10.0. The maximum absolute atomic E-state index is 13.0. The van der Waals surface area contributed by atoms with Gasteiger partial charge in [-0.15, -0.1) is 0 Å². The number of nitro benzene ring substituents is 1. The van der Waals surface area contributed by atoms with Gasteiger partial charge in [-0.2, -0.15) is 4.98 Å². The first-order valence-electron chi connectivity index (χ1n) is 9.49. The Kier molecular flexibility index (Phi) is 5.07. The van der Waals surface area contributed by atoms with Crippen LogP contribution in [0.25, 0.3) is 11.4 Å². The summed E-state index contributed by atoms with van der Waals surface area (Å²) >= 11 is 0. The van der Waals surface area contributed by atoms with Crippen LogP contribution in [0.3, 0.4) is 0 Å². The molecule has 1 aliphatic rings. The number of nitrogens with zero attached hydrogens (tertiary/aromatic N) is 4. The quantitative estimate of drug-likeness (QED) is 0.484. The molecule has 29 heavy (non-hydrogen) atoms. The average Bonchev–Trinajstić information content (AvgIpc) is 3.24. The van der Waals surface area contributed by atoms with Crippen LogP contribution in [0.5, 0.6) is 0 Å². The molecule has 1 atom stereocenters. The average molecular weight is 392 g/mol. The number of hydrogen-bond acceptors (Lipinski definition) is 6. The van der Waals surface area contributed by atoms with Crippen molar-refractivity contribution in [1.29, 1.82) is 0 Å². The molecule has 0 aliphatic carbocycles. The minimum absolute atomic E-state index is 0.0450. The monoisotopic (exact) mass is 392 g/mol. The van der Waals surface area contributed by atoms with E-state index in [1.165, 1.54) is 24.3 Å². The molecule has 0 N–H and O–H groups in total. The molecule has 0 radical (unpaired) electrons. The molecule has 8 heteroatoms. The Bertz CT molecular complexity index is 1030. The zero-order valence-electron chi connectivity index (χ0n) is 15.9. The molecule has 8 nitrogen and oxygen atoms in total. The SMILES string of the molecule is Cc1ccc(-c2noc(C3CCCCN3C(=O)c3ccc([N+](=O)[O-])cc3)n2)cc1. The number of amides is 1. The van der Waals surface area contributed by atoms with Gasteiger partial charge in [-0.1, -0.05) is 35.0 Å². The topological polar surface area (TPSA) is 102 Å². The maximum atomic E-state index is 13.0. The summed E-state index contributed by atoms with van der Waals surface area (Å²) in [5.74, 6) is 0.712. The Morgan fingerprint density at radius 3 is 2.55 bits per heavy atom. The first-order chi connectivity index (χ1) is 14.0. The number of benzene rings is 2. The van der Waals surface area contributed by atoms with Crippen molar-refractivity contribution in [2.24, 2.45) is 0 Å². The van der Waals surface area contributed by atoms with Crippen molar-refractivity contribution in [3.63, 3.8) is 0 Å². The van der Waals surface area contributed by atoms with Gasteiger partial charge in [0.2, 0.25) is 11.7 Å². The van der Waals surface area contributed by atoms with Crippen LogP contribution in [0.2, 0.25) is 0 Å². The van der Waals surface area contributed by atoms with Gasteiger partial charge in [0.15, 0.2) is 0 Å². The minimum Gasteiger partial charge on any atom is -0.337 e. The van der Waals surface area contributed by atoms with Crippen LogP contribution in [-0.2, 0) is 0 Å². The number of carbonyl (C=O) groups excluding carboxylic acids is 1. The number of hydrogen-bond donors (Lipinski definition) is 0. The molecule has 3 aromatic rings. The Morgan fingerprint density at radius 2 is 1.86 bits per heavy atom. The summed E-state index contributed by atoms with van der Waals surface area (Å²) in [7, 11) is 0. The van der Waals surface area contributed by atoms with Crippen LogP contribution in [-0.4, -0.2) is 32.4 Å². The first kappa shape index (κ1) is 18.8. The summed E-state index contributed by atoms with van der Waals surface area (Å²) in [6.45, 7) is 2.58. The lowest BCUT2D eigenvalue weighted by molar-refractivity contribution is -0.384. The van der Waals surface area contributed by atoms with E-state index >= 15 is 0 Å². The number of non-ortho nitro benzene ring substituents is 1. The third kappa shape index (κ3) is 3.87. The van der Waals surface area contributed by atoms with Crippen LogP contribution >= 0.6 is 0 Å². The fraction of sp³-hybridized carbons (Fsp3) is 0.286. The van der Waals surface area contributed by atoms with Crippen molar-refractivity contribution >= 4 is 11.6 Å². The van der Waals surface area contributed by atoms with Gasteiger partial charge in [0.05, 0.1) is 4.92 Å². The smallest absolute Gasteiger partial charge is 0.269 e. The third-order valence-corrected chi connectivity index (χ3v) is 5.13. The molecule has 1 amide bonds. The van der Waals surface area contributed by atoms with E-state index in [0.717, 1.165) is 30.4 Å². The van der Waals surface area contributed by atoms with E-state index in [1.807, 2.05) is 31.2 Å². The van der Waals surface area contributed by atoms with E-state index in [1.54, 1.807) is 4.90 Å². The highest BCUT2D eigenvalue weighted by atomic mass is 16.6. The van der Waals surface area contributed by atoms with Crippen molar-refractivity contribution in [2.75, 3.05) is 6.54 Å². The van der Waals surface area contributed by atoms with Crippen LogP contribution in [0.1, 0.15) is 47.1 Å². The summed E-state index contributed by atoms with van der Waals surface area (Å²) in [6.07, 6.45) is 2.57. The molecule has 0 saturated carbocycles. The van der Waals surface area contributed by atoms with Gasteiger partial charge >= 0.3 is 0 Å². The Morgan fingerprint density at radius 1 is 1.14 bits per heavy atom. The van der Waals surface area contributed by atoms with Gasteiger partial charge in [0, 0.05) is 29.8 Å². The molecule has 2 aromatic carbocycles. The van der Waals surface area contributed by atoms with Gasteiger partial charge in [0.25, 0.3) is 11.6 Å². The van der Waals surface area contributed by atoms with Gasteiger partial charge in [-0.05, 0) is 38.3 Å². The van der Waals surface area contributed by atoms with E-state index in [4.69, 9.17) is 4.52 Å². The van der Waals surface area contributed by atoms with Crippen LogP contribution in [0.15, 0.2) is 53.1 Å². The van der Waals surface area contributed by atoms with Crippen molar-refractivity contribution < 1.29 is 14.2 Å². The summed E-state index contributed by atoms with van der Waals surface area (Å²) in [5, 5.41) is 14.9. The highest BCUT2D eigenvalue weighted by molar-refractivity contribution is 5.94. The van der Waals surface area contributed by atoms with Gasteiger partial charge < -0.3 is 9.42 Å². The molecule has 1 saturated heterocycles. The normalized spacial score (nSPS) is 16.6. The molecule has 4 rings (SSSR count). The van der Waals surface area contributed by atoms with Gasteiger partial charge in [0.1, 0.15) is 6.04 Å². The van der Waals surface area contributed by atoms with E-state index < -0.39 is 4.92 Å². The molecule has 1 aliphatic heterocycles. The molecular weight excluding hydrogens is 372 g/mol. The van der Waals surface area contributed by atoms with Crippen LogP contribution in [0, 0.1) is 17.0 Å². The number of aromatic nitrogens is 2. The second kappa shape index (κ2) is 7.83. The van der Waals surface area contributed by atoms with Crippen molar-refractivity contribution in [2.45, 2.75) is 32.2 Å². The van der Waals surface area contributed by atoms with E-state index in [-0.39, 0.29) is 17.6 Å². The Balaban J connectivity index is 1.58. The summed E-state index contributed by atoms with van der Waals surface area (Å²) < 4.78 is 5.51. The lowest BCUT2D eigenvalue weighted by Gasteiger charge is -2.33. The molecule has 0 spiro atoms. The zero-order valence-corrected chi connectivity index (χ0v) is 15.9. The molecule has 1 unspecified atom stereocenters. The van der Waals surface area contributed by atoms with Crippen LogP contribution < -0.4 is 0 Å². The number of carbonyl (C=O) groups is 1. The molecule has 148 valence electrons. The predicted octanol–water partition coefficient (Wildman–Crippen LogP) is 4.32. The summed E-state index contributed by atoms with van der Waals surface area (Å²) in [4.78, 5) is 29.7. The van der Waals surface area contributed by atoms with Gasteiger partial charge in [-0.3, -0.25) is 14.9 Å². The lowest BCUT2D eigenvalue weighted by Crippen LogP contribution is -2.38. The summed E-state index contributed by atoms with van der Waals surface area (Å²) in [5.41, 5.74) is 2.36. The van der Waals surface area contributed by atoms with Crippen molar-refractivity contribution in [3.05, 3.63) is 75.7 Å². The van der Waals surface area contributed by atoms with Crippen molar-refractivity contribution in [3.8, 4) is 11.4 Å². The number of aryl methyl sites for hydroxylation is 1. The predicted molar refractivity (Wildman–Crippen MR) is 105 cm³/mol. The third-order valence-electron chi connectivity index (χ3n) is 5.13. The van der Waals surface area contributed by atoms with E-state index in [2.05, 4.69) is 10.1 Å². The molecule has 2 heterocycles. The summed E-state index contributed by atoms with van der Waals surface area (Å²) in [6, 6.07) is 13.2. The molecule has 1 fully saturated rings. The number of likely N-dealkylation sites (tertiary alicyclic amines) is 1. The zero-order chi connectivity index (χ0) is 20.4. The van der Waals surface area contributed by atoms with E-state index in [0.29, 0.717) is 23.8 Å². The fourth-order valence-corrected chi connectivity index (χ4v) is 3.51. The second-order valence-electron chi connectivity index (χ2n) is 7.14. The Labute approximate surface area is 167 Å². The van der Waals surface area contributed by atoms with E-state index in [9.17, 15) is 14.9 Å². The molecule has 1 aromatic heterocycles. The number of piperidine rings is 1.